The Morgan fingerprint density at radius 2 is 1.88 bits per heavy atom. The summed E-state index contributed by atoms with van der Waals surface area (Å²) in [5.74, 6) is -2.27. The summed E-state index contributed by atoms with van der Waals surface area (Å²) < 4.78 is 12.9. The highest BCUT2D eigenvalue weighted by atomic mass is 32.2. The average molecular weight is 382 g/mol. The van der Waals surface area contributed by atoms with E-state index in [1.807, 2.05) is 0 Å². The fraction of sp³-hybridized carbons (Fsp3) is 0.500. The maximum Gasteiger partial charge on any atom is 0.308 e. The highest BCUT2D eigenvalue weighted by molar-refractivity contribution is 8.01. The van der Waals surface area contributed by atoms with Crippen LogP contribution < -0.4 is 5.32 Å². The van der Waals surface area contributed by atoms with Crippen LogP contribution in [-0.4, -0.2) is 51.4 Å². The average Bonchev–Trinajstić information content (AvgIpc) is 3.43. The number of aliphatic carboxylic acids is 1. The first-order chi connectivity index (χ1) is 12.3. The monoisotopic (exact) mass is 382 g/mol. The lowest BCUT2D eigenvalue weighted by Crippen LogP contribution is -2.42. The van der Waals surface area contributed by atoms with Gasteiger partial charge in [-0.3, -0.25) is 14.4 Å². The third kappa shape index (κ3) is 6.01. The minimum Gasteiger partial charge on any atom is -0.481 e. The lowest BCUT2D eigenvalue weighted by molar-refractivity contribution is -0.143. The first-order valence-electron chi connectivity index (χ1n) is 8.48. The molecular weight excluding hydrogens is 359 g/mol. The molecule has 1 aliphatic carbocycles. The number of benzene rings is 1. The van der Waals surface area contributed by atoms with Gasteiger partial charge in [0.1, 0.15) is 5.82 Å². The molecule has 1 aromatic rings. The predicted octanol–water partition coefficient (Wildman–Crippen LogP) is 2.60. The maximum atomic E-state index is 12.9. The van der Waals surface area contributed by atoms with Crippen molar-refractivity contribution >= 4 is 35.2 Å². The van der Waals surface area contributed by atoms with E-state index in [2.05, 4.69) is 5.32 Å². The SMILES string of the molecule is CC(CN(C(=O)C(C)SCC(=O)Nc1ccc(F)cc1)C1CC1)C(=O)O. The summed E-state index contributed by atoms with van der Waals surface area (Å²) in [6, 6.07) is 5.56. The summed E-state index contributed by atoms with van der Waals surface area (Å²) in [5.41, 5.74) is 0.492. The summed E-state index contributed by atoms with van der Waals surface area (Å²) in [6.07, 6.45) is 1.78. The van der Waals surface area contributed by atoms with E-state index in [0.29, 0.717) is 5.69 Å². The van der Waals surface area contributed by atoms with Gasteiger partial charge in [0.05, 0.1) is 16.9 Å². The highest BCUT2D eigenvalue weighted by Gasteiger charge is 2.36. The molecule has 2 amide bonds. The molecule has 142 valence electrons. The molecular formula is C18H23FN2O4S. The van der Waals surface area contributed by atoms with Gasteiger partial charge in [-0.25, -0.2) is 4.39 Å². The second-order valence-electron chi connectivity index (χ2n) is 6.47. The molecule has 1 saturated carbocycles. The second kappa shape index (κ2) is 9.02. The van der Waals surface area contributed by atoms with Gasteiger partial charge in [0.15, 0.2) is 0 Å². The van der Waals surface area contributed by atoms with Crippen molar-refractivity contribution in [2.45, 2.75) is 38.0 Å². The summed E-state index contributed by atoms with van der Waals surface area (Å²) >= 11 is 1.20. The second-order valence-corrected chi connectivity index (χ2v) is 7.80. The van der Waals surface area contributed by atoms with Crippen LogP contribution in [0.4, 0.5) is 10.1 Å². The van der Waals surface area contributed by atoms with Crippen molar-refractivity contribution in [2.24, 2.45) is 5.92 Å². The molecule has 1 aliphatic rings. The quantitative estimate of drug-likeness (QED) is 0.686. The molecule has 2 N–H and O–H groups in total. The van der Waals surface area contributed by atoms with Gasteiger partial charge >= 0.3 is 5.97 Å². The number of carboxylic acids is 1. The smallest absolute Gasteiger partial charge is 0.308 e. The van der Waals surface area contributed by atoms with Crippen LogP contribution >= 0.6 is 11.8 Å². The Morgan fingerprint density at radius 3 is 2.42 bits per heavy atom. The Hall–Kier alpha value is -2.09. The molecule has 2 rings (SSSR count). The van der Waals surface area contributed by atoms with Gasteiger partial charge in [0.2, 0.25) is 11.8 Å². The van der Waals surface area contributed by atoms with Crippen LogP contribution in [0.1, 0.15) is 26.7 Å². The molecule has 6 nitrogen and oxygen atoms in total. The standard InChI is InChI=1S/C18H23FN2O4S/c1-11(18(24)25)9-21(15-7-8-15)17(23)12(2)26-10-16(22)20-14-5-3-13(19)4-6-14/h3-6,11-12,15H,7-10H2,1-2H3,(H,20,22)(H,24,25). The van der Waals surface area contributed by atoms with Crippen LogP contribution in [0.15, 0.2) is 24.3 Å². The first-order valence-corrected chi connectivity index (χ1v) is 9.53. The van der Waals surface area contributed by atoms with Gasteiger partial charge in [-0.15, -0.1) is 11.8 Å². The molecule has 0 heterocycles. The Balaban J connectivity index is 1.83. The number of anilines is 1. The van der Waals surface area contributed by atoms with Crippen LogP contribution in [0.5, 0.6) is 0 Å². The zero-order chi connectivity index (χ0) is 19.3. The minimum absolute atomic E-state index is 0.0806. The number of rotatable bonds is 9. The van der Waals surface area contributed by atoms with E-state index in [0.717, 1.165) is 12.8 Å². The molecule has 2 atom stereocenters. The van der Waals surface area contributed by atoms with Crippen molar-refractivity contribution in [3.05, 3.63) is 30.1 Å². The van der Waals surface area contributed by atoms with E-state index >= 15 is 0 Å². The van der Waals surface area contributed by atoms with Crippen LogP contribution in [-0.2, 0) is 14.4 Å². The molecule has 0 aliphatic heterocycles. The van der Waals surface area contributed by atoms with Gasteiger partial charge in [-0.05, 0) is 44.0 Å². The Morgan fingerprint density at radius 1 is 1.27 bits per heavy atom. The van der Waals surface area contributed by atoms with E-state index < -0.39 is 17.1 Å². The van der Waals surface area contributed by atoms with Crippen molar-refractivity contribution in [3.8, 4) is 0 Å². The number of thioether (sulfide) groups is 1. The predicted molar refractivity (Wildman–Crippen MR) is 98.5 cm³/mol. The van der Waals surface area contributed by atoms with E-state index in [4.69, 9.17) is 5.11 Å². The van der Waals surface area contributed by atoms with E-state index in [-0.39, 0.29) is 36.0 Å². The lowest BCUT2D eigenvalue weighted by atomic mass is 10.1. The first kappa shape index (κ1) is 20.2. The van der Waals surface area contributed by atoms with Crippen molar-refractivity contribution in [1.29, 1.82) is 0 Å². The van der Waals surface area contributed by atoms with Crippen molar-refractivity contribution < 1.29 is 23.9 Å². The zero-order valence-corrected chi connectivity index (χ0v) is 15.6. The van der Waals surface area contributed by atoms with E-state index in [1.54, 1.807) is 18.7 Å². The fourth-order valence-electron chi connectivity index (χ4n) is 2.41. The van der Waals surface area contributed by atoms with Crippen molar-refractivity contribution in [2.75, 3.05) is 17.6 Å². The molecule has 0 bridgehead atoms. The fourth-order valence-corrected chi connectivity index (χ4v) is 3.17. The van der Waals surface area contributed by atoms with Gasteiger partial charge in [0, 0.05) is 18.3 Å². The summed E-state index contributed by atoms with van der Waals surface area (Å²) in [4.78, 5) is 37.3. The molecule has 0 aromatic heterocycles. The van der Waals surface area contributed by atoms with Crippen molar-refractivity contribution in [3.63, 3.8) is 0 Å². The van der Waals surface area contributed by atoms with Gasteiger partial charge in [0.25, 0.3) is 0 Å². The zero-order valence-electron chi connectivity index (χ0n) is 14.8. The molecule has 26 heavy (non-hydrogen) atoms. The number of hydrogen-bond acceptors (Lipinski definition) is 4. The third-order valence-electron chi connectivity index (χ3n) is 4.10. The normalized spacial score (nSPS) is 15.8. The number of carbonyl (C=O) groups excluding carboxylic acids is 2. The molecule has 1 fully saturated rings. The van der Waals surface area contributed by atoms with Crippen LogP contribution in [0.25, 0.3) is 0 Å². The van der Waals surface area contributed by atoms with Gasteiger partial charge in [-0.2, -0.15) is 0 Å². The summed E-state index contributed by atoms with van der Waals surface area (Å²) in [7, 11) is 0. The van der Waals surface area contributed by atoms with Gasteiger partial charge in [-0.1, -0.05) is 6.92 Å². The number of carboxylic acid groups (broad SMARTS) is 1. The topological polar surface area (TPSA) is 86.7 Å². The number of nitrogens with one attached hydrogen (secondary N) is 1. The number of nitrogens with zero attached hydrogens (tertiary/aromatic N) is 1. The summed E-state index contributed by atoms with van der Waals surface area (Å²) in [6.45, 7) is 3.49. The number of amides is 2. The highest BCUT2D eigenvalue weighted by Crippen LogP contribution is 2.30. The molecule has 0 saturated heterocycles. The van der Waals surface area contributed by atoms with E-state index in [1.165, 1.54) is 36.0 Å². The number of carbonyl (C=O) groups is 3. The van der Waals surface area contributed by atoms with E-state index in [9.17, 15) is 18.8 Å². The largest absolute Gasteiger partial charge is 0.481 e. The Bertz CT molecular complexity index is 664. The minimum atomic E-state index is -0.928. The summed E-state index contributed by atoms with van der Waals surface area (Å²) in [5, 5.41) is 11.3. The number of halogens is 1. The van der Waals surface area contributed by atoms with Crippen LogP contribution in [0, 0.1) is 11.7 Å². The Labute approximate surface area is 156 Å². The molecule has 0 radical (unpaired) electrons. The molecule has 2 unspecified atom stereocenters. The van der Waals surface area contributed by atoms with Gasteiger partial charge < -0.3 is 15.3 Å². The number of hydrogen-bond donors (Lipinski definition) is 2. The molecule has 8 heteroatoms. The third-order valence-corrected chi connectivity index (χ3v) is 5.23. The molecule has 0 spiro atoms. The molecule has 1 aromatic carbocycles. The lowest BCUT2D eigenvalue weighted by Gasteiger charge is -2.27. The Kier molecular flexibility index (Phi) is 7.02. The van der Waals surface area contributed by atoms with Crippen LogP contribution in [0.2, 0.25) is 0 Å². The van der Waals surface area contributed by atoms with Crippen molar-refractivity contribution in [1.82, 2.24) is 4.90 Å². The van der Waals surface area contributed by atoms with Crippen LogP contribution in [0.3, 0.4) is 0 Å². The maximum absolute atomic E-state index is 12.9.